The molecule has 0 saturated carbocycles. The minimum Gasteiger partial charge on any atom is -0.334 e. The number of amides is 1. The maximum absolute atomic E-state index is 13.9. The van der Waals surface area contributed by atoms with Crippen LogP contribution < -0.4 is 0 Å². The smallest absolute Gasteiger partial charge is 0.220 e. The SMILES string of the molecule is CC(=O)N1CCCC1c1nccnc1Cc1ccccc1F. The summed E-state index contributed by atoms with van der Waals surface area (Å²) in [5, 5.41) is 0. The van der Waals surface area contributed by atoms with Crippen LogP contribution in [0.3, 0.4) is 0 Å². The average Bonchev–Trinajstić information content (AvgIpc) is 3.00. The first-order valence-corrected chi connectivity index (χ1v) is 7.47. The van der Waals surface area contributed by atoms with Gasteiger partial charge in [0.1, 0.15) is 5.82 Å². The monoisotopic (exact) mass is 299 g/mol. The normalized spacial score (nSPS) is 17.7. The Morgan fingerprint density at radius 1 is 1.32 bits per heavy atom. The lowest BCUT2D eigenvalue weighted by Gasteiger charge is -2.24. The van der Waals surface area contributed by atoms with Crippen molar-refractivity contribution in [3.63, 3.8) is 0 Å². The molecule has 3 rings (SSSR count). The molecule has 1 fully saturated rings. The molecule has 0 radical (unpaired) electrons. The number of rotatable bonds is 3. The van der Waals surface area contributed by atoms with Crippen LogP contribution in [0.25, 0.3) is 0 Å². The van der Waals surface area contributed by atoms with Crippen LogP contribution in [0.5, 0.6) is 0 Å². The summed E-state index contributed by atoms with van der Waals surface area (Å²) in [4.78, 5) is 22.4. The van der Waals surface area contributed by atoms with Crippen molar-refractivity contribution >= 4 is 5.91 Å². The lowest BCUT2D eigenvalue weighted by molar-refractivity contribution is -0.129. The van der Waals surface area contributed by atoms with Crippen LogP contribution in [0.4, 0.5) is 4.39 Å². The highest BCUT2D eigenvalue weighted by Crippen LogP contribution is 2.32. The van der Waals surface area contributed by atoms with Crippen molar-refractivity contribution in [1.29, 1.82) is 0 Å². The van der Waals surface area contributed by atoms with Crippen molar-refractivity contribution in [2.75, 3.05) is 6.54 Å². The molecule has 1 saturated heterocycles. The van der Waals surface area contributed by atoms with Crippen LogP contribution in [0.15, 0.2) is 36.7 Å². The van der Waals surface area contributed by atoms with E-state index in [0.29, 0.717) is 12.0 Å². The fraction of sp³-hybridized carbons (Fsp3) is 0.353. The summed E-state index contributed by atoms with van der Waals surface area (Å²) in [7, 11) is 0. The van der Waals surface area contributed by atoms with Crippen LogP contribution in [0.1, 0.15) is 42.8 Å². The Kier molecular flexibility index (Phi) is 4.13. The van der Waals surface area contributed by atoms with E-state index < -0.39 is 0 Å². The van der Waals surface area contributed by atoms with E-state index in [1.165, 1.54) is 6.07 Å². The lowest BCUT2D eigenvalue weighted by atomic mass is 10.0. The summed E-state index contributed by atoms with van der Waals surface area (Å²) >= 11 is 0. The Bertz CT molecular complexity index is 689. The number of hydrogen-bond acceptors (Lipinski definition) is 3. The van der Waals surface area contributed by atoms with Gasteiger partial charge in [-0.3, -0.25) is 14.8 Å². The molecule has 0 spiro atoms. The Morgan fingerprint density at radius 2 is 2.09 bits per heavy atom. The number of hydrogen-bond donors (Lipinski definition) is 0. The predicted octanol–water partition coefficient (Wildman–Crippen LogP) is 2.89. The third kappa shape index (κ3) is 2.84. The van der Waals surface area contributed by atoms with E-state index >= 15 is 0 Å². The summed E-state index contributed by atoms with van der Waals surface area (Å²) in [5.41, 5.74) is 2.13. The van der Waals surface area contributed by atoms with E-state index in [9.17, 15) is 9.18 Å². The second kappa shape index (κ2) is 6.22. The second-order valence-corrected chi connectivity index (χ2v) is 5.53. The van der Waals surface area contributed by atoms with Gasteiger partial charge in [0.05, 0.1) is 17.4 Å². The topological polar surface area (TPSA) is 46.1 Å². The molecule has 2 heterocycles. The first-order valence-electron chi connectivity index (χ1n) is 7.47. The Hall–Kier alpha value is -2.30. The largest absolute Gasteiger partial charge is 0.334 e. The van der Waals surface area contributed by atoms with Gasteiger partial charge in [0.2, 0.25) is 5.91 Å². The zero-order valence-corrected chi connectivity index (χ0v) is 12.5. The molecule has 2 aromatic rings. The summed E-state index contributed by atoms with van der Waals surface area (Å²) in [5.74, 6) is -0.195. The van der Waals surface area contributed by atoms with Gasteiger partial charge in [-0.05, 0) is 24.5 Å². The number of carbonyl (C=O) groups is 1. The Labute approximate surface area is 129 Å². The molecular weight excluding hydrogens is 281 g/mol. The lowest BCUT2D eigenvalue weighted by Crippen LogP contribution is -2.29. The highest BCUT2D eigenvalue weighted by atomic mass is 19.1. The molecule has 0 bridgehead atoms. The first-order chi connectivity index (χ1) is 10.7. The molecule has 1 amide bonds. The Morgan fingerprint density at radius 3 is 2.86 bits per heavy atom. The number of likely N-dealkylation sites (tertiary alicyclic amines) is 1. The Balaban J connectivity index is 1.93. The van der Waals surface area contributed by atoms with Gasteiger partial charge in [-0.25, -0.2) is 4.39 Å². The molecule has 1 aromatic carbocycles. The highest BCUT2D eigenvalue weighted by Gasteiger charge is 2.31. The quantitative estimate of drug-likeness (QED) is 0.875. The third-order valence-corrected chi connectivity index (χ3v) is 4.09. The molecule has 1 aromatic heterocycles. The molecule has 0 N–H and O–H groups in total. The van der Waals surface area contributed by atoms with Gasteiger partial charge < -0.3 is 4.90 Å². The van der Waals surface area contributed by atoms with Gasteiger partial charge in [-0.15, -0.1) is 0 Å². The molecule has 1 aliphatic rings. The predicted molar refractivity (Wildman–Crippen MR) is 80.6 cm³/mol. The van der Waals surface area contributed by atoms with Crippen LogP contribution in [0.2, 0.25) is 0 Å². The van der Waals surface area contributed by atoms with Crippen molar-refractivity contribution in [2.45, 2.75) is 32.2 Å². The van der Waals surface area contributed by atoms with Crippen molar-refractivity contribution in [3.05, 3.63) is 59.4 Å². The first kappa shape index (κ1) is 14.6. The fourth-order valence-electron chi connectivity index (χ4n) is 3.04. The maximum atomic E-state index is 13.9. The maximum Gasteiger partial charge on any atom is 0.220 e. The van der Waals surface area contributed by atoms with Gasteiger partial charge in [0.25, 0.3) is 0 Å². The summed E-state index contributed by atoms with van der Waals surface area (Å²) in [6.07, 6.45) is 5.48. The zero-order valence-electron chi connectivity index (χ0n) is 12.5. The molecule has 1 unspecified atom stereocenters. The van der Waals surface area contributed by atoms with E-state index in [1.54, 1.807) is 31.5 Å². The molecule has 1 aliphatic heterocycles. The minimum atomic E-state index is -0.242. The van der Waals surface area contributed by atoms with Gasteiger partial charge in [-0.1, -0.05) is 18.2 Å². The highest BCUT2D eigenvalue weighted by molar-refractivity contribution is 5.74. The van der Waals surface area contributed by atoms with E-state index in [4.69, 9.17) is 0 Å². The van der Waals surface area contributed by atoms with Gasteiger partial charge in [-0.2, -0.15) is 0 Å². The molecule has 0 aliphatic carbocycles. The van der Waals surface area contributed by atoms with E-state index in [1.807, 2.05) is 11.0 Å². The van der Waals surface area contributed by atoms with Gasteiger partial charge in [0.15, 0.2) is 0 Å². The summed E-state index contributed by atoms with van der Waals surface area (Å²) in [6.45, 7) is 2.32. The molecular formula is C17H18FN3O. The van der Waals surface area contributed by atoms with Gasteiger partial charge >= 0.3 is 0 Å². The number of nitrogens with zero attached hydrogens (tertiary/aromatic N) is 3. The van der Waals surface area contributed by atoms with Crippen LogP contribution in [-0.2, 0) is 11.2 Å². The zero-order chi connectivity index (χ0) is 15.5. The van der Waals surface area contributed by atoms with E-state index in [0.717, 1.165) is 30.8 Å². The van der Waals surface area contributed by atoms with Crippen LogP contribution in [0, 0.1) is 5.82 Å². The van der Waals surface area contributed by atoms with Crippen molar-refractivity contribution in [3.8, 4) is 0 Å². The number of halogens is 1. The summed E-state index contributed by atoms with van der Waals surface area (Å²) in [6, 6.07) is 6.64. The molecule has 4 nitrogen and oxygen atoms in total. The number of benzene rings is 1. The minimum absolute atomic E-state index is 0.0463. The van der Waals surface area contributed by atoms with E-state index in [2.05, 4.69) is 9.97 Å². The summed E-state index contributed by atoms with van der Waals surface area (Å²) < 4.78 is 13.9. The molecule has 114 valence electrons. The van der Waals surface area contributed by atoms with Gasteiger partial charge in [0, 0.05) is 32.3 Å². The van der Waals surface area contributed by atoms with E-state index in [-0.39, 0.29) is 17.8 Å². The molecule has 5 heteroatoms. The van der Waals surface area contributed by atoms with Crippen molar-refractivity contribution in [1.82, 2.24) is 14.9 Å². The molecule has 1 atom stereocenters. The standard InChI is InChI=1S/C17H18FN3O/c1-12(22)21-10-4-7-16(21)17-15(19-8-9-20-17)11-13-5-2-3-6-14(13)18/h2-3,5-6,8-9,16H,4,7,10-11H2,1H3. The van der Waals surface area contributed by atoms with Crippen LogP contribution >= 0.6 is 0 Å². The number of carbonyl (C=O) groups excluding carboxylic acids is 1. The molecule has 22 heavy (non-hydrogen) atoms. The van der Waals surface area contributed by atoms with Crippen LogP contribution in [-0.4, -0.2) is 27.3 Å². The average molecular weight is 299 g/mol. The van der Waals surface area contributed by atoms with Crippen molar-refractivity contribution < 1.29 is 9.18 Å². The number of aromatic nitrogens is 2. The third-order valence-electron chi connectivity index (χ3n) is 4.09. The fourth-order valence-corrected chi connectivity index (χ4v) is 3.04. The second-order valence-electron chi connectivity index (χ2n) is 5.53. The van der Waals surface area contributed by atoms with Crippen molar-refractivity contribution in [2.24, 2.45) is 0 Å².